The van der Waals surface area contributed by atoms with Gasteiger partial charge in [0, 0.05) is 5.41 Å². The van der Waals surface area contributed by atoms with E-state index in [1.165, 1.54) is 0 Å². The number of aliphatic carboxylic acids is 1. The summed E-state index contributed by atoms with van der Waals surface area (Å²) in [4.78, 5) is 22.8. The molecule has 2 N–H and O–H groups in total. The summed E-state index contributed by atoms with van der Waals surface area (Å²) < 4.78 is 5.09. The Kier molecular flexibility index (Phi) is 2.60. The molecule has 96 valence electrons. The number of amides is 1. The SMILES string of the molecule is CC(C)(C)OC(=O)N[C@@H](C(=O)O)C12CC(C1)C2. The van der Waals surface area contributed by atoms with Crippen LogP contribution < -0.4 is 5.32 Å². The number of alkyl carbamates (subject to hydrolysis) is 1. The smallest absolute Gasteiger partial charge is 0.408 e. The fourth-order valence-corrected chi connectivity index (χ4v) is 2.80. The second-order valence-electron chi connectivity index (χ2n) is 6.26. The lowest BCUT2D eigenvalue weighted by Crippen LogP contribution is -2.66. The second kappa shape index (κ2) is 3.62. The summed E-state index contributed by atoms with van der Waals surface area (Å²) in [5.74, 6) is -0.286. The lowest BCUT2D eigenvalue weighted by atomic mass is 9.42. The van der Waals surface area contributed by atoms with Crippen LogP contribution in [0, 0.1) is 11.3 Å². The molecule has 3 fully saturated rings. The van der Waals surface area contributed by atoms with Gasteiger partial charge < -0.3 is 15.2 Å². The van der Waals surface area contributed by atoms with Gasteiger partial charge >= 0.3 is 12.1 Å². The minimum absolute atomic E-state index is 0.201. The number of carboxylic acids is 1. The van der Waals surface area contributed by atoms with Crippen LogP contribution in [0.2, 0.25) is 0 Å². The standard InChI is InChI=1S/C12H19NO4/c1-11(2,3)17-10(16)13-8(9(14)15)12-4-7(5-12)6-12/h7-8H,4-6H2,1-3H3,(H,13,16)(H,14,15)/t7?,8-,12?/m0/s1. The van der Waals surface area contributed by atoms with Gasteiger partial charge in [0.15, 0.2) is 0 Å². The maximum absolute atomic E-state index is 11.6. The minimum Gasteiger partial charge on any atom is -0.480 e. The third kappa shape index (κ3) is 2.23. The molecule has 0 saturated heterocycles. The molecule has 5 heteroatoms. The fourth-order valence-electron chi connectivity index (χ4n) is 2.80. The summed E-state index contributed by atoms with van der Waals surface area (Å²) in [6.45, 7) is 5.26. The Hall–Kier alpha value is -1.26. The van der Waals surface area contributed by atoms with Crippen LogP contribution in [0.3, 0.4) is 0 Å². The lowest BCUT2D eigenvalue weighted by molar-refractivity contribution is -0.169. The third-order valence-electron chi connectivity index (χ3n) is 3.61. The highest BCUT2D eigenvalue weighted by Crippen LogP contribution is 2.66. The van der Waals surface area contributed by atoms with Crippen LogP contribution in [0.1, 0.15) is 40.0 Å². The Morgan fingerprint density at radius 1 is 1.35 bits per heavy atom. The zero-order valence-electron chi connectivity index (χ0n) is 10.4. The Bertz CT molecular complexity index is 341. The molecule has 1 atom stereocenters. The molecule has 2 bridgehead atoms. The van der Waals surface area contributed by atoms with Crippen molar-refractivity contribution in [1.29, 1.82) is 0 Å². The van der Waals surface area contributed by atoms with Crippen molar-refractivity contribution in [2.45, 2.75) is 51.7 Å². The zero-order chi connectivity index (χ0) is 12.8. The quantitative estimate of drug-likeness (QED) is 0.789. The molecule has 0 aromatic carbocycles. The summed E-state index contributed by atoms with van der Waals surface area (Å²) in [7, 11) is 0. The van der Waals surface area contributed by atoms with E-state index in [0.717, 1.165) is 19.3 Å². The van der Waals surface area contributed by atoms with E-state index in [1.807, 2.05) is 0 Å². The molecule has 3 saturated carbocycles. The molecule has 5 nitrogen and oxygen atoms in total. The van der Waals surface area contributed by atoms with Crippen molar-refractivity contribution >= 4 is 12.1 Å². The molecule has 0 spiro atoms. The van der Waals surface area contributed by atoms with Crippen LogP contribution in [-0.4, -0.2) is 28.8 Å². The zero-order valence-corrected chi connectivity index (χ0v) is 10.4. The molecule has 0 radical (unpaired) electrons. The topological polar surface area (TPSA) is 75.6 Å². The molecule has 3 aliphatic rings. The summed E-state index contributed by atoms with van der Waals surface area (Å²) in [6, 6.07) is -0.803. The molecule has 3 aliphatic carbocycles. The highest BCUT2D eigenvalue weighted by molar-refractivity contribution is 5.81. The Balaban J connectivity index is 1.94. The van der Waals surface area contributed by atoms with Crippen molar-refractivity contribution in [2.75, 3.05) is 0 Å². The Morgan fingerprint density at radius 3 is 2.18 bits per heavy atom. The van der Waals surface area contributed by atoms with Gasteiger partial charge in [0.05, 0.1) is 0 Å². The van der Waals surface area contributed by atoms with Gasteiger partial charge in [-0.2, -0.15) is 0 Å². The van der Waals surface area contributed by atoms with E-state index in [9.17, 15) is 14.7 Å². The summed E-state index contributed by atoms with van der Waals surface area (Å²) in [6.07, 6.45) is 2.11. The predicted molar refractivity (Wildman–Crippen MR) is 60.6 cm³/mol. The van der Waals surface area contributed by atoms with Gasteiger partial charge in [0.25, 0.3) is 0 Å². The van der Waals surface area contributed by atoms with Crippen molar-refractivity contribution in [2.24, 2.45) is 11.3 Å². The van der Waals surface area contributed by atoms with Crippen LogP contribution in [0.5, 0.6) is 0 Å². The number of carbonyl (C=O) groups is 2. The van der Waals surface area contributed by atoms with Crippen molar-refractivity contribution in [3.63, 3.8) is 0 Å². The molecule has 0 heterocycles. The average molecular weight is 241 g/mol. The van der Waals surface area contributed by atoms with Gasteiger partial charge in [-0.1, -0.05) is 0 Å². The van der Waals surface area contributed by atoms with Gasteiger partial charge in [-0.05, 0) is 46.0 Å². The van der Waals surface area contributed by atoms with E-state index in [2.05, 4.69) is 5.32 Å². The maximum Gasteiger partial charge on any atom is 0.408 e. The molecule has 1 amide bonds. The van der Waals surface area contributed by atoms with Crippen molar-refractivity contribution in [3.8, 4) is 0 Å². The Morgan fingerprint density at radius 2 is 1.88 bits per heavy atom. The summed E-state index contributed by atoms with van der Waals surface area (Å²) >= 11 is 0. The molecule has 3 rings (SSSR count). The number of nitrogens with one attached hydrogen (secondary N) is 1. The van der Waals surface area contributed by atoms with E-state index in [4.69, 9.17) is 4.74 Å². The van der Waals surface area contributed by atoms with E-state index < -0.39 is 23.7 Å². The first-order chi connectivity index (χ1) is 7.72. The van der Waals surface area contributed by atoms with Gasteiger partial charge in [0.1, 0.15) is 11.6 Å². The van der Waals surface area contributed by atoms with E-state index >= 15 is 0 Å². The van der Waals surface area contributed by atoms with Gasteiger partial charge in [0.2, 0.25) is 0 Å². The number of hydrogen-bond acceptors (Lipinski definition) is 3. The molecular formula is C12H19NO4. The molecular weight excluding hydrogens is 222 g/mol. The first kappa shape index (κ1) is 12.2. The van der Waals surface area contributed by atoms with Crippen molar-refractivity contribution < 1.29 is 19.4 Å². The first-order valence-electron chi connectivity index (χ1n) is 5.94. The number of rotatable bonds is 3. The Labute approximate surface area is 101 Å². The van der Waals surface area contributed by atoms with Crippen LogP contribution in [0.4, 0.5) is 4.79 Å². The monoisotopic (exact) mass is 241 g/mol. The summed E-state index contributed by atoms with van der Waals surface area (Å²) in [5.41, 5.74) is -0.806. The largest absolute Gasteiger partial charge is 0.480 e. The normalized spacial score (nSPS) is 31.8. The van der Waals surface area contributed by atoms with Gasteiger partial charge in [-0.15, -0.1) is 0 Å². The van der Waals surface area contributed by atoms with E-state index in [0.29, 0.717) is 5.92 Å². The number of carboxylic acid groups (broad SMARTS) is 1. The molecule has 0 aliphatic heterocycles. The number of hydrogen-bond donors (Lipinski definition) is 2. The maximum atomic E-state index is 11.6. The van der Waals surface area contributed by atoms with E-state index in [1.54, 1.807) is 20.8 Å². The van der Waals surface area contributed by atoms with Crippen molar-refractivity contribution in [3.05, 3.63) is 0 Å². The third-order valence-corrected chi connectivity index (χ3v) is 3.61. The van der Waals surface area contributed by atoms with Gasteiger partial charge in [-0.25, -0.2) is 9.59 Å². The lowest BCUT2D eigenvalue weighted by Gasteiger charge is -2.64. The average Bonchev–Trinajstić information content (AvgIpc) is 1.92. The minimum atomic E-state index is -0.964. The van der Waals surface area contributed by atoms with Crippen LogP contribution in [0.15, 0.2) is 0 Å². The second-order valence-corrected chi connectivity index (χ2v) is 6.26. The van der Waals surface area contributed by atoms with Crippen LogP contribution in [-0.2, 0) is 9.53 Å². The fraction of sp³-hybridized carbons (Fsp3) is 0.833. The molecule has 0 aromatic heterocycles. The first-order valence-corrected chi connectivity index (χ1v) is 5.94. The molecule has 17 heavy (non-hydrogen) atoms. The van der Waals surface area contributed by atoms with Gasteiger partial charge in [-0.3, -0.25) is 0 Å². The molecule has 0 unspecified atom stereocenters. The highest BCUT2D eigenvalue weighted by Gasteiger charge is 2.63. The summed E-state index contributed by atoms with van der Waals surface area (Å²) in [5, 5.41) is 11.7. The van der Waals surface area contributed by atoms with Crippen LogP contribution >= 0.6 is 0 Å². The molecule has 0 aromatic rings. The highest BCUT2D eigenvalue weighted by atomic mass is 16.6. The van der Waals surface area contributed by atoms with E-state index in [-0.39, 0.29) is 5.41 Å². The van der Waals surface area contributed by atoms with Crippen molar-refractivity contribution in [1.82, 2.24) is 5.32 Å². The van der Waals surface area contributed by atoms with Crippen LogP contribution in [0.25, 0.3) is 0 Å². The number of carbonyl (C=O) groups excluding carboxylic acids is 1. The number of ether oxygens (including phenoxy) is 1. The predicted octanol–water partition coefficient (Wildman–Crippen LogP) is 1.76.